The molecule has 0 aromatic heterocycles. The summed E-state index contributed by atoms with van der Waals surface area (Å²) in [5.74, 6) is -0.426. The Morgan fingerprint density at radius 3 is 2.60 bits per heavy atom. The number of likely N-dealkylation sites (tertiary alicyclic amines) is 1. The van der Waals surface area contributed by atoms with Crippen molar-refractivity contribution in [1.29, 1.82) is 0 Å². The lowest BCUT2D eigenvalue weighted by Gasteiger charge is -2.21. The minimum absolute atomic E-state index is 0.0366. The molecule has 1 aromatic rings. The molecule has 0 radical (unpaired) electrons. The van der Waals surface area contributed by atoms with Gasteiger partial charge in [-0.05, 0) is 31.9 Å². The van der Waals surface area contributed by atoms with Crippen molar-refractivity contribution in [2.24, 2.45) is 0 Å². The molecular formula is C15H20N2O3. The molecule has 108 valence electrons. The number of phenols is 1. The molecule has 5 nitrogen and oxygen atoms in total. The second-order valence-corrected chi connectivity index (χ2v) is 5.27. The Morgan fingerprint density at radius 2 is 1.95 bits per heavy atom. The van der Waals surface area contributed by atoms with Crippen molar-refractivity contribution in [1.82, 2.24) is 9.80 Å². The van der Waals surface area contributed by atoms with Crippen LogP contribution in [0.15, 0.2) is 18.2 Å². The standard InChI is InChI=1S/C15H20N2O3/c1-11-5-6-13(18)12(9-11)15(20)16(2)10-14(19)17-7-3-4-8-17/h5-6,9,18H,3-4,7-8,10H2,1-2H3. The average Bonchev–Trinajstić information content (AvgIpc) is 2.94. The molecule has 5 heteroatoms. The second kappa shape index (κ2) is 5.94. The number of carbonyl (C=O) groups is 2. The van der Waals surface area contributed by atoms with Crippen LogP contribution in [-0.4, -0.2) is 53.4 Å². The first kappa shape index (κ1) is 14.4. The summed E-state index contributed by atoms with van der Waals surface area (Å²) < 4.78 is 0. The number of likely N-dealkylation sites (N-methyl/N-ethyl adjacent to an activating group) is 1. The van der Waals surface area contributed by atoms with Crippen molar-refractivity contribution >= 4 is 11.8 Å². The Bertz CT molecular complexity index is 522. The van der Waals surface area contributed by atoms with Crippen LogP contribution in [0.1, 0.15) is 28.8 Å². The number of benzene rings is 1. The third kappa shape index (κ3) is 3.10. The molecule has 1 aliphatic heterocycles. The highest BCUT2D eigenvalue weighted by Crippen LogP contribution is 2.19. The molecule has 0 spiro atoms. The van der Waals surface area contributed by atoms with Gasteiger partial charge >= 0.3 is 0 Å². The fourth-order valence-electron chi connectivity index (χ4n) is 2.37. The maximum atomic E-state index is 12.3. The number of nitrogens with zero attached hydrogens (tertiary/aromatic N) is 2. The maximum Gasteiger partial charge on any atom is 0.257 e. The van der Waals surface area contributed by atoms with Crippen molar-refractivity contribution in [3.05, 3.63) is 29.3 Å². The van der Waals surface area contributed by atoms with Gasteiger partial charge in [-0.1, -0.05) is 11.6 Å². The quantitative estimate of drug-likeness (QED) is 0.907. The van der Waals surface area contributed by atoms with Crippen LogP contribution >= 0.6 is 0 Å². The van der Waals surface area contributed by atoms with Gasteiger partial charge in [-0.2, -0.15) is 0 Å². The third-order valence-electron chi connectivity index (χ3n) is 3.56. The number of aromatic hydroxyl groups is 1. The highest BCUT2D eigenvalue weighted by atomic mass is 16.3. The van der Waals surface area contributed by atoms with Gasteiger partial charge in [0.05, 0.1) is 12.1 Å². The Balaban J connectivity index is 2.04. The Labute approximate surface area is 118 Å². The van der Waals surface area contributed by atoms with Gasteiger partial charge in [-0.3, -0.25) is 9.59 Å². The second-order valence-electron chi connectivity index (χ2n) is 5.27. The van der Waals surface area contributed by atoms with Crippen molar-refractivity contribution in [2.75, 3.05) is 26.7 Å². The zero-order valence-electron chi connectivity index (χ0n) is 11.9. The van der Waals surface area contributed by atoms with E-state index in [1.807, 2.05) is 6.92 Å². The zero-order chi connectivity index (χ0) is 14.7. The van der Waals surface area contributed by atoms with E-state index in [1.54, 1.807) is 24.1 Å². The predicted molar refractivity (Wildman–Crippen MR) is 75.6 cm³/mol. The maximum absolute atomic E-state index is 12.3. The van der Waals surface area contributed by atoms with Crippen LogP contribution in [-0.2, 0) is 4.79 Å². The molecular weight excluding hydrogens is 256 g/mol. The largest absolute Gasteiger partial charge is 0.507 e. The lowest BCUT2D eigenvalue weighted by Crippen LogP contribution is -2.39. The van der Waals surface area contributed by atoms with E-state index in [-0.39, 0.29) is 29.7 Å². The van der Waals surface area contributed by atoms with E-state index >= 15 is 0 Å². The highest BCUT2D eigenvalue weighted by molar-refractivity contribution is 5.98. The van der Waals surface area contributed by atoms with Crippen LogP contribution < -0.4 is 0 Å². The van der Waals surface area contributed by atoms with Gasteiger partial charge in [-0.15, -0.1) is 0 Å². The molecule has 1 N–H and O–H groups in total. The average molecular weight is 276 g/mol. The van der Waals surface area contributed by atoms with Crippen LogP contribution in [0.25, 0.3) is 0 Å². The third-order valence-corrected chi connectivity index (χ3v) is 3.56. The molecule has 1 aromatic carbocycles. The van der Waals surface area contributed by atoms with E-state index in [0.29, 0.717) is 0 Å². The van der Waals surface area contributed by atoms with Crippen molar-refractivity contribution in [2.45, 2.75) is 19.8 Å². The SMILES string of the molecule is Cc1ccc(O)c(C(=O)N(C)CC(=O)N2CCCC2)c1. The monoisotopic (exact) mass is 276 g/mol. The molecule has 20 heavy (non-hydrogen) atoms. The summed E-state index contributed by atoms with van der Waals surface area (Å²) in [5.41, 5.74) is 1.13. The first-order valence-electron chi connectivity index (χ1n) is 6.82. The lowest BCUT2D eigenvalue weighted by atomic mass is 10.1. The number of aryl methyl sites for hydroxylation is 1. The summed E-state index contributed by atoms with van der Waals surface area (Å²) in [6, 6.07) is 4.87. The van der Waals surface area contributed by atoms with Gasteiger partial charge in [0.2, 0.25) is 5.91 Å². The fourth-order valence-corrected chi connectivity index (χ4v) is 2.37. The molecule has 1 heterocycles. The van der Waals surface area contributed by atoms with E-state index in [9.17, 15) is 14.7 Å². The Morgan fingerprint density at radius 1 is 1.30 bits per heavy atom. The molecule has 1 saturated heterocycles. The molecule has 1 aliphatic rings. The lowest BCUT2D eigenvalue weighted by molar-refractivity contribution is -0.130. The van der Waals surface area contributed by atoms with Gasteiger partial charge in [0, 0.05) is 20.1 Å². The Hall–Kier alpha value is -2.04. The minimum Gasteiger partial charge on any atom is -0.507 e. The summed E-state index contributed by atoms with van der Waals surface area (Å²) in [6.45, 7) is 3.45. The van der Waals surface area contributed by atoms with Crippen LogP contribution in [0, 0.1) is 6.92 Å². The predicted octanol–water partition coefficient (Wildman–Crippen LogP) is 1.40. The summed E-state index contributed by atoms with van der Waals surface area (Å²) in [4.78, 5) is 27.4. The topological polar surface area (TPSA) is 60.9 Å². The molecule has 0 unspecified atom stereocenters. The van der Waals surface area contributed by atoms with Crippen LogP contribution in [0.3, 0.4) is 0 Å². The van der Waals surface area contributed by atoms with Gasteiger partial charge in [0.1, 0.15) is 5.75 Å². The Kier molecular flexibility index (Phi) is 4.27. The summed E-state index contributed by atoms with van der Waals surface area (Å²) in [7, 11) is 1.58. The van der Waals surface area contributed by atoms with E-state index in [0.717, 1.165) is 31.5 Å². The fraction of sp³-hybridized carbons (Fsp3) is 0.467. The van der Waals surface area contributed by atoms with Crippen molar-refractivity contribution < 1.29 is 14.7 Å². The minimum atomic E-state index is -0.334. The number of hydrogen-bond donors (Lipinski definition) is 1. The number of carbonyl (C=O) groups excluding carboxylic acids is 2. The van der Waals surface area contributed by atoms with E-state index in [2.05, 4.69) is 0 Å². The van der Waals surface area contributed by atoms with Crippen molar-refractivity contribution in [3.8, 4) is 5.75 Å². The summed E-state index contributed by atoms with van der Waals surface area (Å²) in [6.07, 6.45) is 2.06. The summed E-state index contributed by atoms with van der Waals surface area (Å²) >= 11 is 0. The van der Waals surface area contributed by atoms with Gasteiger partial charge in [-0.25, -0.2) is 0 Å². The smallest absolute Gasteiger partial charge is 0.257 e. The van der Waals surface area contributed by atoms with Gasteiger partial charge in [0.25, 0.3) is 5.91 Å². The molecule has 2 amide bonds. The highest BCUT2D eigenvalue weighted by Gasteiger charge is 2.23. The molecule has 2 rings (SSSR count). The normalized spacial score (nSPS) is 14.4. The van der Waals surface area contributed by atoms with Crippen LogP contribution in [0.5, 0.6) is 5.75 Å². The molecule has 0 aliphatic carbocycles. The number of amides is 2. The molecule has 0 atom stereocenters. The van der Waals surface area contributed by atoms with Crippen LogP contribution in [0.2, 0.25) is 0 Å². The van der Waals surface area contributed by atoms with E-state index < -0.39 is 0 Å². The summed E-state index contributed by atoms with van der Waals surface area (Å²) in [5, 5.41) is 9.76. The van der Waals surface area contributed by atoms with Crippen LogP contribution in [0.4, 0.5) is 0 Å². The molecule has 0 saturated carbocycles. The first-order valence-corrected chi connectivity index (χ1v) is 6.82. The first-order chi connectivity index (χ1) is 9.49. The van der Waals surface area contributed by atoms with E-state index in [1.165, 1.54) is 11.0 Å². The zero-order valence-corrected chi connectivity index (χ0v) is 11.9. The van der Waals surface area contributed by atoms with Crippen molar-refractivity contribution in [3.63, 3.8) is 0 Å². The van der Waals surface area contributed by atoms with E-state index in [4.69, 9.17) is 0 Å². The molecule has 1 fully saturated rings. The number of phenolic OH excluding ortho intramolecular Hbond substituents is 1. The van der Waals surface area contributed by atoms with Gasteiger partial charge < -0.3 is 14.9 Å². The van der Waals surface area contributed by atoms with Gasteiger partial charge in [0.15, 0.2) is 0 Å². The number of hydrogen-bond acceptors (Lipinski definition) is 3. The molecule has 0 bridgehead atoms. The number of rotatable bonds is 3.